The molecule has 2 rings (SSSR count). The zero-order valence-corrected chi connectivity index (χ0v) is 11.7. The second-order valence-corrected chi connectivity index (χ2v) is 4.87. The van der Waals surface area contributed by atoms with Gasteiger partial charge in [0.25, 0.3) is 0 Å². The normalized spacial score (nSPS) is 13.0. The molecule has 0 aliphatic rings. The van der Waals surface area contributed by atoms with Crippen LogP contribution in [0, 0.1) is 0 Å². The summed E-state index contributed by atoms with van der Waals surface area (Å²) in [6.07, 6.45) is 2.56. The van der Waals surface area contributed by atoms with Gasteiger partial charge < -0.3 is 10.5 Å². The molecule has 2 nitrogen and oxygen atoms in total. The Bertz CT molecular complexity index is 578. The molecular weight excluding hydrogens is 258 g/mol. The van der Waals surface area contributed by atoms with Crippen LogP contribution in [-0.2, 0) is 6.42 Å². The molecule has 0 aromatic heterocycles. The van der Waals surface area contributed by atoms with Crippen molar-refractivity contribution in [2.45, 2.75) is 19.4 Å². The van der Waals surface area contributed by atoms with Gasteiger partial charge in [0.1, 0.15) is 12.4 Å². The zero-order valence-electron chi connectivity index (χ0n) is 11.0. The van der Waals surface area contributed by atoms with E-state index in [-0.39, 0.29) is 6.04 Å². The lowest BCUT2D eigenvalue weighted by molar-refractivity contribution is 0.359. The zero-order chi connectivity index (χ0) is 13.7. The third kappa shape index (κ3) is 3.49. The Morgan fingerprint density at radius 2 is 2.05 bits per heavy atom. The second-order valence-electron chi connectivity index (χ2n) is 4.62. The average Bonchev–Trinajstić information content (AvgIpc) is 2.41. The molecule has 0 saturated heterocycles. The van der Waals surface area contributed by atoms with Crippen molar-refractivity contribution in [2.24, 2.45) is 5.73 Å². The lowest BCUT2D eigenvalue weighted by Crippen LogP contribution is -2.18. The third-order valence-electron chi connectivity index (χ3n) is 2.95. The van der Waals surface area contributed by atoms with Crippen molar-refractivity contribution >= 4 is 22.4 Å². The van der Waals surface area contributed by atoms with Gasteiger partial charge in [-0.2, -0.15) is 0 Å². The van der Waals surface area contributed by atoms with Crippen LogP contribution in [0.15, 0.2) is 48.0 Å². The fourth-order valence-electron chi connectivity index (χ4n) is 2.16. The summed E-state index contributed by atoms with van der Waals surface area (Å²) in [7, 11) is 0. The Hall–Kier alpha value is -1.51. The van der Waals surface area contributed by atoms with E-state index >= 15 is 0 Å². The Kier molecular flexibility index (Phi) is 4.83. The topological polar surface area (TPSA) is 35.2 Å². The van der Waals surface area contributed by atoms with Crippen LogP contribution in [-0.4, -0.2) is 12.6 Å². The molecule has 1 atom stereocenters. The maximum Gasteiger partial charge on any atom is 0.123 e. The van der Waals surface area contributed by atoms with Crippen molar-refractivity contribution in [2.75, 3.05) is 6.61 Å². The van der Waals surface area contributed by atoms with Crippen molar-refractivity contribution in [1.29, 1.82) is 0 Å². The van der Waals surface area contributed by atoms with Gasteiger partial charge in [0.05, 0.1) is 0 Å². The molecule has 2 aromatic carbocycles. The van der Waals surface area contributed by atoms with Gasteiger partial charge >= 0.3 is 0 Å². The van der Waals surface area contributed by atoms with Crippen molar-refractivity contribution in [3.8, 4) is 5.75 Å². The molecule has 0 heterocycles. The molecule has 2 aromatic rings. The first-order valence-corrected chi connectivity index (χ1v) is 6.80. The highest BCUT2D eigenvalue weighted by atomic mass is 35.5. The molecule has 0 aliphatic heterocycles. The predicted octanol–water partition coefficient (Wildman–Crippen LogP) is 3.86. The molecule has 100 valence electrons. The molecule has 0 saturated carbocycles. The molecule has 2 N–H and O–H groups in total. The first-order valence-electron chi connectivity index (χ1n) is 6.36. The smallest absolute Gasteiger partial charge is 0.123 e. The van der Waals surface area contributed by atoms with Crippen molar-refractivity contribution < 1.29 is 4.74 Å². The van der Waals surface area contributed by atoms with Crippen LogP contribution < -0.4 is 10.5 Å². The van der Waals surface area contributed by atoms with Crippen LogP contribution in [0.1, 0.15) is 12.5 Å². The van der Waals surface area contributed by atoms with Crippen LogP contribution in [0.2, 0.25) is 0 Å². The Balaban J connectivity index is 2.43. The summed E-state index contributed by atoms with van der Waals surface area (Å²) < 4.78 is 5.76. The van der Waals surface area contributed by atoms with Crippen molar-refractivity contribution in [3.63, 3.8) is 0 Å². The largest absolute Gasteiger partial charge is 0.489 e. The van der Waals surface area contributed by atoms with Crippen molar-refractivity contribution in [1.82, 2.24) is 0 Å². The van der Waals surface area contributed by atoms with Crippen LogP contribution in [0.25, 0.3) is 10.8 Å². The standard InChI is InChI=1S/C16H18ClNO/c1-12(18)11-15-14-6-3-2-5-13(14)7-8-16(15)19-10-4-9-17/h2-9,12H,10-11,18H2,1H3/b9-4+. The summed E-state index contributed by atoms with van der Waals surface area (Å²) in [5.74, 6) is 0.880. The maximum atomic E-state index is 5.95. The average molecular weight is 276 g/mol. The summed E-state index contributed by atoms with van der Waals surface area (Å²) in [6, 6.07) is 12.4. The van der Waals surface area contributed by atoms with Crippen LogP contribution in [0.4, 0.5) is 0 Å². The van der Waals surface area contributed by atoms with Gasteiger partial charge in [-0.25, -0.2) is 0 Å². The Morgan fingerprint density at radius 1 is 1.26 bits per heavy atom. The minimum atomic E-state index is 0.0942. The van der Waals surface area contributed by atoms with Crippen LogP contribution in [0.3, 0.4) is 0 Å². The van der Waals surface area contributed by atoms with E-state index < -0.39 is 0 Å². The highest BCUT2D eigenvalue weighted by Gasteiger charge is 2.10. The van der Waals surface area contributed by atoms with Gasteiger partial charge in [-0.1, -0.05) is 41.9 Å². The number of hydrogen-bond acceptors (Lipinski definition) is 2. The summed E-state index contributed by atoms with van der Waals surface area (Å²) in [5.41, 5.74) is 8.58. The summed E-state index contributed by atoms with van der Waals surface area (Å²) in [4.78, 5) is 0. The van der Waals surface area contributed by atoms with Gasteiger partial charge in [0.2, 0.25) is 0 Å². The van der Waals surface area contributed by atoms with E-state index in [0.29, 0.717) is 6.61 Å². The summed E-state index contributed by atoms with van der Waals surface area (Å²) in [6.45, 7) is 2.47. The highest BCUT2D eigenvalue weighted by molar-refractivity contribution is 6.25. The molecule has 1 unspecified atom stereocenters. The fourth-order valence-corrected chi connectivity index (χ4v) is 2.23. The fraction of sp³-hybridized carbons (Fsp3) is 0.250. The predicted molar refractivity (Wildman–Crippen MR) is 81.8 cm³/mol. The van der Waals surface area contributed by atoms with Gasteiger partial charge in [-0.15, -0.1) is 0 Å². The van der Waals surface area contributed by atoms with E-state index in [1.807, 2.05) is 25.1 Å². The minimum absolute atomic E-state index is 0.0942. The van der Waals surface area contributed by atoms with Gasteiger partial charge in [0, 0.05) is 17.1 Å². The monoisotopic (exact) mass is 275 g/mol. The molecule has 3 heteroatoms. The van der Waals surface area contributed by atoms with E-state index in [9.17, 15) is 0 Å². The minimum Gasteiger partial charge on any atom is -0.489 e. The highest BCUT2D eigenvalue weighted by Crippen LogP contribution is 2.29. The van der Waals surface area contributed by atoms with E-state index in [2.05, 4.69) is 18.2 Å². The van der Waals surface area contributed by atoms with Crippen LogP contribution >= 0.6 is 11.6 Å². The lowest BCUT2D eigenvalue weighted by atomic mass is 9.98. The first kappa shape index (κ1) is 13.9. The van der Waals surface area contributed by atoms with E-state index in [1.165, 1.54) is 16.3 Å². The number of rotatable bonds is 5. The van der Waals surface area contributed by atoms with Gasteiger partial charge in [0.15, 0.2) is 0 Å². The number of fused-ring (bicyclic) bond motifs is 1. The molecule has 0 aliphatic carbocycles. The Labute approximate surface area is 118 Å². The molecule has 0 amide bonds. The van der Waals surface area contributed by atoms with Gasteiger partial charge in [-0.3, -0.25) is 0 Å². The molecule has 0 radical (unpaired) electrons. The number of hydrogen-bond donors (Lipinski definition) is 1. The molecular formula is C16H18ClNO. The maximum absolute atomic E-state index is 5.95. The number of ether oxygens (including phenoxy) is 1. The molecule has 19 heavy (non-hydrogen) atoms. The number of nitrogens with two attached hydrogens (primary N) is 1. The van der Waals surface area contributed by atoms with Crippen molar-refractivity contribution in [3.05, 3.63) is 53.6 Å². The second kappa shape index (κ2) is 6.60. The lowest BCUT2D eigenvalue weighted by Gasteiger charge is -2.15. The number of halogens is 1. The SMILES string of the molecule is CC(N)Cc1c(OC/C=C/Cl)ccc2ccccc12. The Morgan fingerprint density at radius 3 is 2.79 bits per heavy atom. The quantitative estimate of drug-likeness (QED) is 0.899. The summed E-state index contributed by atoms with van der Waals surface area (Å²) in [5, 5.41) is 2.41. The van der Waals surface area contributed by atoms with Crippen LogP contribution in [0.5, 0.6) is 5.75 Å². The molecule has 0 bridgehead atoms. The van der Waals surface area contributed by atoms with E-state index in [1.54, 1.807) is 6.08 Å². The first-order chi connectivity index (χ1) is 9.22. The van der Waals surface area contributed by atoms with E-state index in [0.717, 1.165) is 17.7 Å². The van der Waals surface area contributed by atoms with E-state index in [4.69, 9.17) is 22.1 Å². The molecule has 0 spiro atoms. The van der Waals surface area contributed by atoms with Gasteiger partial charge in [-0.05, 0) is 36.3 Å². The molecule has 0 fully saturated rings. The summed E-state index contributed by atoms with van der Waals surface area (Å²) >= 11 is 5.51. The third-order valence-corrected chi connectivity index (χ3v) is 3.13. The number of benzene rings is 2.